The van der Waals surface area contributed by atoms with Gasteiger partial charge < -0.3 is 11.1 Å². The molecule has 0 atom stereocenters. The number of hydrogen-bond donors (Lipinski definition) is 4. The lowest BCUT2D eigenvalue weighted by Crippen LogP contribution is -2.30. The van der Waals surface area contributed by atoms with E-state index in [9.17, 15) is 4.79 Å². The van der Waals surface area contributed by atoms with Gasteiger partial charge in [-0.1, -0.05) is 78.3 Å². The second-order valence-corrected chi connectivity index (χ2v) is 7.41. The zero-order valence-corrected chi connectivity index (χ0v) is 17.8. The molecule has 0 aliphatic heterocycles. The SMILES string of the molecule is Nc1c(NNC(=O)c2cccc(Cl)c2)ncnc1NC(c1ccccc1)c1ccccc1. The van der Waals surface area contributed by atoms with Crippen LogP contribution in [0.15, 0.2) is 91.3 Å². The zero-order valence-electron chi connectivity index (χ0n) is 17.0. The molecule has 4 aromatic rings. The average molecular weight is 445 g/mol. The number of carbonyl (C=O) groups is 1. The normalized spacial score (nSPS) is 10.6. The molecule has 0 spiro atoms. The molecule has 4 rings (SSSR count). The van der Waals surface area contributed by atoms with Crippen molar-refractivity contribution in [2.75, 3.05) is 16.5 Å². The standard InChI is InChI=1S/C24H21ClN6O/c25-19-13-7-12-18(14-19)24(32)31-30-23-20(26)22(27-15-28-23)29-21(16-8-3-1-4-9-16)17-10-5-2-6-11-17/h1-15,21H,26H2,(H,31,32)(H2,27,28,29,30). The smallest absolute Gasteiger partial charge is 0.269 e. The Balaban J connectivity index is 1.55. The first kappa shape index (κ1) is 21.1. The van der Waals surface area contributed by atoms with E-state index in [1.807, 2.05) is 60.7 Å². The third kappa shape index (κ3) is 4.96. The van der Waals surface area contributed by atoms with Gasteiger partial charge in [0.15, 0.2) is 11.6 Å². The first-order valence-corrected chi connectivity index (χ1v) is 10.3. The minimum atomic E-state index is -0.369. The number of hydrogen-bond acceptors (Lipinski definition) is 6. The van der Waals surface area contributed by atoms with E-state index in [2.05, 4.69) is 26.1 Å². The number of amides is 1. The van der Waals surface area contributed by atoms with Crippen molar-refractivity contribution in [1.29, 1.82) is 0 Å². The van der Waals surface area contributed by atoms with Crippen molar-refractivity contribution < 1.29 is 4.79 Å². The zero-order chi connectivity index (χ0) is 22.3. The molecule has 3 aromatic carbocycles. The highest BCUT2D eigenvalue weighted by Gasteiger charge is 2.17. The van der Waals surface area contributed by atoms with E-state index in [0.29, 0.717) is 16.4 Å². The first-order valence-electron chi connectivity index (χ1n) is 9.90. The van der Waals surface area contributed by atoms with Crippen molar-refractivity contribution in [3.05, 3.63) is 113 Å². The van der Waals surface area contributed by atoms with Crippen molar-refractivity contribution >= 4 is 34.8 Å². The van der Waals surface area contributed by atoms with Gasteiger partial charge in [0, 0.05) is 10.6 Å². The minimum Gasteiger partial charge on any atom is -0.393 e. The van der Waals surface area contributed by atoms with E-state index in [-0.39, 0.29) is 23.5 Å². The summed E-state index contributed by atoms with van der Waals surface area (Å²) < 4.78 is 0. The first-order chi connectivity index (χ1) is 15.6. The van der Waals surface area contributed by atoms with Gasteiger partial charge in [0.1, 0.15) is 12.0 Å². The Hall–Kier alpha value is -4.10. The molecule has 1 amide bonds. The predicted octanol–water partition coefficient (Wildman–Crippen LogP) is 4.67. The fraction of sp³-hybridized carbons (Fsp3) is 0.0417. The molecular formula is C24H21ClN6O. The summed E-state index contributed by atoms with van der Waals surface area (Å²) in [5.41, 5.74) is 14.5. The number of aromatic nitrogens is 2. The average Bonchev–Trinajstić information content (AvgIpc) is 2.83. The molecule has 0 bridgehead atoms. The largest absolute Gasteiger partial charge is 0.393 e. The lowest BCUT2D eigenvalue weighted by atomic mass is 9.99. The Morgan fingerprint density at radius 3 is 2.09 bits per heavy atom. The number of rotatable bonds is 7. The highest BCUT2D eigenvalue weighted by atomic mass is 35.5. The maximum absolute atomic E-state index is 12.4. The summed E-state index contributed by atoms with van der Waals surface area (Å²) in [6.45, 7) is 0. The third-order valence-electron chi connectivity index (χ3n) is 4.81. The summed E-state index contributed by atoms with van der Waals surface area (Å²) in [5.74, 6) is 0.349. The van der Waals surface area contributed by atoms with Gasteiger partial charge in [-0.15, -0.1) is 0 Å². The van der Waals surface area contributed by atoms with Gasteiger partial charge in [-0.3, -0.25) is 15.6 Å². The topological polar surface area (TPSA) is 105 Å². The second-order valence-electron chi connectivity index (χ2n) is 6.97. The van der Waals surface area contributed by atoms with E-state index in [0.717, 1.165) is 11.1 Å². The molecule has 160 valence electrons. The number of nitrogens with two attached hydrogens (primary N) is 1. The van der Waals surface area contributed by atoms with Crippen molar-refractivity contribution in [3.8, 4) is 0 Å². The Labute approximate surface area is 190 Å². The number of nitrogens with zero attached hydrogens (tertiary/aromatic N) is 2. The molecule has 0 saturated heterocycles. The predicted molar refractivity (Wildman–Crippen MR) is 127 cm³/mol. The fourth-order valence-electron chi connectivity index (χ4n) is 3.21. The molecule has 0 aliphatic carbocycles. The van der Waals surface area contributed by atoms with Gasteiger partial charge in [0.05, 0.1) is 6.04 Å². The fourth-order valence-corrected chi connectivity index (χ4v) is 3.41. The third-order valence-corrected chi connectivity index (χ3v) is 5.05. The molecule has 0 fully saturated rings. The van der Waals surface area contributed by atoms with Crippen molar-refractivity contribution in [1.82, 2.24) is 15.4 Å². The lowest BCUT2D eigenvalue weighted by Gasteiger charge is -2.22. The van der Waals surface area contributed by atoms with Crippen LogP contribution >= 0.6 is 11.6 Å². The Kier molecular flexibility index (Phi) is 6.48. The van der Waals surface area contributed by atoms with E-state index in [4.69, 9.17) is 17.3 Å². The number of nitrogen functional groups attached to an aromatic ring is 1. The Morgan fingerprint density at radius 2 is 1.47 bits per heavy atom. The molecular weight excluding hydrogens is 424 g/mol. The number of benzene rings is 3. The van der Waals surface area contributed by atoms with Crippen LogP contribution in [0.25, 0.3) is 0 Å². The number of hydrazine groups is 1. The molecule has 1 heterocycles. The van der Waals surface area contributed by atoms with E-state index < -0.39 is 0 Å². The van der Waals surface area contributed by atoms with Crippen LogP contribution in [0, 0.1) is 0 Å². The number of carbonyl (C=O) groups excluding carboxylic acids is 1. The van der Waals surface area contributed by atoms with Crippen molar-refractivity contribution in [2.45, 2.75) is 6.04 Å². The van der Waals surface area contributed by atoms with Crippen LogP contribution in [0.1, 0.15) is 27.5 Å². The summed E-state index contributed by atoms with van der Waals surface area (Å²) in [6.07, 6.45) is 1.37. The Morgan fingerprint density at radius 1 is 0.844 bits per heavy atom. The molecule has 0 radical (unpaired) electrons. The van der Waals surface area contributed by atoms with Crippen LogP contribution in [0.5, 0.6) is 0 Å². The van der Waals surface area contributed by atoms with Gasteiger partial charge in [0.2, 0.25) is 0 Å². The number of anilines is 3. The maximum atomic E-state index is 12.4. The molecule has 1 aromatic heterocycles. The summed E-state index contributed by atoms with van der Waals surface area (Å²) in [5, 5.41) is 3.87. The number of nitrogens with one attached hydrogen (secondary N) is 3. The molecule has 0 aliphatic rings. The highest BCUT2D eigenvalue weighted by molar-refractivity contribution is 6.30. The summed E-state index contributed by atoms with van der Waals surface area (Å²) in [7, 11) is 0. The van der Waals surface area contributed by atoms with E-state index in [1.54, 1.807) is 24.3 Å². The van der Waals surface area contributed by atoms with Crippen LogP contribution in [0.2, 0.25) is 5.02 Å². The van der Waals surface area contributed by atoms with Crippen LogP contribution in [-0.4, -0.2) is 15.9 Å². The summed E-state index contributed by atoms with van der Waals surface area (Å²) in [4.78, 5) is 20.8. The molecule has 8 heteroatoms. The molecule has 0 saturated carbocycles. The highest BCUT2D eigenvalue weighted by Crippen LogP contribution is 2.30. The van der Waals surface area contributed by atoms with Crippen molar-refractivity contribution in [2.24, 2.45) is 0 Å². The lowest BCUT2D eigenvalue weighted by molar-refractivity contribution is 0.0962. The van der Waals surface area contributed by atoms with Gasteiger partial charge in [-0.2, -0.15) is 0 Å². The quantitative estimate of drug-likeness (QED) is 0.309. The van der Waals surface area contributed by atoms with E-state index >= 15 is 0 Å². The second kappa shape index (κ2) is 9.80. The minimum absolute atomic E-state index is 0.177. The number of halogens is 1. The summed E-state index contributed by atoms with van der Waals surface area (Å²) >= 11 is 5.95. The van der Waals surface area contributed by atoms with Crippen LogP contribution in [-0.2, 0) is 0 Å². The molecule has 7 nitrogen and oxygen atoms in total. The Bertz CT molecular complexity index is 1160. The van der Waals surface area contributed by atoms with Gasteiger partial charge in [-0.05, 0) is 29.3 Å². The maximum Gasteiger partial charge on any atom is 0.269 e. The van der Waals surface area contributed by atoms with Gasteiger partial charge in [0.25, 0.3) is 5.91 Å². The van der Waals surface area contributed by atoms with Gasteiger partial charge in [-0.25, -0.2) is 9.97 Å². The monoisotopic (exact) mass is 444 g/mol. The van der Waals surface area contributed by atoms with Crippen LogP contribution in [0.4, 0.5) is 17.3 Å². The molecule has 5 N–H and O–H groups in total. The van der Waals surface area contributed by atoms with Crippen molar-refractivity contribution in [3.63, 3.8) is 0 Å². The molecule has 32 heavy (non-hydrogen) atoms. The summed E-state index contributed by atoms with van der Waals surface area (Å²) in [6, 6.07) is 26.4. The molecule has 0 unspecified atom stereocenters. The van der Waals surface area contributed by atoms with Crippen LogP contribution in [0.3, 0.4) is 0 Å². The van der Waals surface area contributed by atoms with Gasteiger partial charge >= 0.3 is 0 Å². The van der Waals surface area contributed by atoms with Crippen LogP contribution < -0.4 is 21.9 Å². The van der Waals surface area contributed by atoms with E-state index in [1.165, 1.54) is 6.33 Å².